The Bertz CT molecular complexity index is 1050. The topological polar surface area (TPSA) is 75.1 Å². The predicted molar refractivity (Wildman–Crippen MR) is 127 cm³/mol. The Hall–Kier alpha value is -2.22. The molecule has 0 amide bonds. The van der Waals surface area contributed by atoms with E-state index < -0.39 is 0 Å². The second kappa shape index (κ2) is 8.65. The van der Waals surface area contributed by atoms with Crippen LogP contribution in [0, 0.1) is 5.41 Å². The van der Waals surface area contributed by atoms with E-state index in [1.165, 1.54) is 5.56 Å². The van der Waals surface area contributed by atoms with E-state index in [4.69, 9.17) is 21.1 Å². The molecule has 0 fully saturated rings. The van der Waals surface area contributed by atoms with Crippen LogP contribution in [0.15, 0.2) is 63.1 Å². The molecule has 0 bridgehead atoms. The first kappa shape index (κ1) is 20.1. The van der Waals surface area contributed by atoms with E-state index >= 15 is 0 Å². The van der Waals surface area contributed by atoms with E-state index in [1.54, 1.807) is 34.4 Å². The van der Waals surface area contributed by atoms with Gasteiger partial charge in [-0.25, -0.2) is 4.98 Å². The molecular formula is C22H22N4S3. The maximum Gasteiger partial charge on any atom is 0.133 e. The quantitative estimate of drug-likeness (QED) is 0.268. The number of hydrogen-bond donors (Lipinski definition) is 2. The number of hydrogen-bond acceptors (Lipinski definition) is 6. The third-order valence-corrected chi connectivity index (χ3v) is 8.24. The number of aryl methyl sites for hydroxylation is 1. The number of rotatable bonds is 8. The van der Waals surface area contributed by atoms with Crippen molar-refractivity contribution in [1.82, 2.24) is 4.98 Å². The molecule has 1 aromatic carbocycles. The SMILES string of the molecule is CSc1sc(C(=N)N)cc1-c1csc(C2(CCCc3ccccc3)C=CC=N2)n1. The van der Waals surface area contributed by atoms with Gasteiger partial charge in [-0.05, 0) is 49.3 Å². The molecule has 148 valence electrons. The van der Waals surface area contributed by atoms with Crippen molar-refractivity contribution in [2.45, 2.75) is 29.0 Å². The molecule has 0 saturated heterocycles. The number of amidine groups is 1. The molecule has 3 N–H and O–H groups in total. The maximum absolute atomic E-state index is 7.74. The molecule has 1 atom stereocenters. The number of thiophene rings is 1. The maximum atomic E-state index is 7.74. The van der Waals surface area contributed by atoms with Gasteiger partial charge >= 0.3 is 0 Å². The fraction of sp³-hybridized carbons (Fsp3) is 0.227. The summed E-state index contributed by atoms with van der Waals surface area (Å²) in [5.74, 6) is 0.104. The minimum absolute atomic E-state index is 0.104. The number of allylic oxidation sites excluding steroid dienone is 1. The van der Waals surface area contributed by atoms with E-state index in [-0.39, 0.29) is 11.4 Å². The van der Waals surface area contributed by atoms with Crippen molar-refractivity contribution < 1.29 is 0 Å². The molecule has 0 spiro atoms. The summed E-state index contributed by atoms with van der Waals surface area (Å²) in [6, 6.07) is 12.6. The summed E-state index contributed by atoms with van der Waals surface area (Å²) < 4.78 is 1.13. The summed E-state index contributed by atoms with van der Waals surface area (Å²) in [6.07, 6.45) is 11.1. The highest BCUT2D eigenvalue weighted by Gasteiger charge is 2.33. The minimum Gasteiger partial charge on any atom is -0.383 e. The first-order valence-corrected chi connectivity index (χ1v) is 12.3. The van der Waals surface area contributed by atoms with E-state index in [1.807, 2.05) is 24.6 Å². The summed E-state index contributed by atoms with van der Waals surface area (Å²) in [6.45, 7) is 0. The van der Waals surface area contributed by atoms with Crippen LogP contribution < -0.4 is 5.73 Å². The van der Waals surface area contributed by atoms with Gasteiger partial charge in [-0.3, -0.25) is 10.4 Å². The average molecular weight is 439 g/mol. The van der Waals surface area contributed by atoms with Crippen molar-refractivity contribution >= 4 is 46.5 Å². The number of thiazole rings is 1. The number of aliphatic imine (C=N–C) groups is 1. The van der Waals surface area contributed by atoms with Gasteiger partial charge in [0.15, 0.2) is 0 Å². The summed E-state index contributed by atoms with van der Waals surface area (Å²) in [5.41, 5.74) is 8.68. The molecule has 4 nitrogen and oxygen atoms in total. The highest BCUT2D eigenvalue weighted by Crippen LogP contribution is 2.42. The summed E-state index contributed by atoms with van der Waals surface area (Å²) in [7, 11) is 0. The van der Waals surface area contributed by atoms with E-state index in [0.29, 0.717) is 0 Å². The van der Waals surface area contributed by atoms with Crippen molar-refractivity contribution in [1.29, 1.82) is 5.41 Å². The van der Waals surface area contributed by atoms with Crippen LogP contribution in [0.5, 0.6) is 0 Å². The van der Waals surface area contributed by atoms with E-state index in [0.717, 1.165) is 44.6 Å². The van der Waals surface area contributed by atoms with Crippen LogP contribution in [0.25, 0.3) is 11.3 Å². The Morgan fingerprint density at radius 2 is 2.10 bits per heavy atom. The standard InChI is InChI=1S/C22H22N4S3/c1-27-20-16(13-18(29-20)19(23)24)17-14-28-21(26-17)22(11-6-12-25-22)10-5-9-15-7-3-2-4-8-15/h2-4,6-8,11-14H,5,9-10H2,1H3,(H3,23,24). The lowest BCUT2D eigenvalue weighted by Crippen LogP contribution is -2.19. The van der Waals surface area contributed by atoms with Crippen molar-refractivity contribution in [3.63, 3.8) is 0 Å². The van der Waals surface area contributed by atoms with Crippen molar-refractivity contribution in [2.24, 2.45) is 10.7 Å². The second-order valence-corrected chi connectivity index (χ2v) is 9.85. The smallest absolute Gasteiger partial charge is 0.133 e. The molecule has 7 heteroatoms. The lowest BCUT2D eigenvalue weighted by molar-refractivity contribution is 0.499. The van der Waals surface area contributed by atoms with Crippen LogP contribution in [0.2, 0.25) is 0 Å². The highest BCUT2D eigenvalue weighted by atomic mass is 32.2. The van der Waals surface area contributed by atoms with Crippen molar-refractivity contribution in [3.05, 3.63) is 69.4 Å². The Morgan fingerprint density at radius 1 is 1.28 bits per heavy atom. The number of aromatic nitrogens is 1. The number of nitrogens with two attached hydrogens (primary N) is 1. The average Bonchev–Trinajstić information content (AvgIpc) is 3.47. The zero-order chi connectivity index (χ0) is 20.3. The third-order valence-electron chi connectivity index (χ3n) is 4.93. The number of nitrogen functional groups attached to an aromatic ring is 1. The molecule has 1 unspecified atom stereocenters. The molecule has 3 heterocycles. The van der Waals surface area contributed by atoms with Gasteiger partial charge in [-0.1, -0.05) is 30.3 Å². The fourth-order valence-corrected chi connectivity index (χ4v) is 6.17. The molecule has 3 aromatic rings. The summed E-state index contributed by atoms with van der Waals surface area (Å²) >= 11 is 4.87. The molecule has 1 aliphatic heterocycles. The van der Waals surface area contributed by atoms with Crippen molar-refractivity contribution in [3.8, 4) is 11.3 Å². The minimum atomic E-state index is -0.364. The molecule has 0 saturated carbocycles. The van der Waals surface area contributed by atoms with Crippen LogP contribution >= 0.6 is 34.4 Å². The number of thioether (sulfide) groups is 1. The van der Waals surface area contributed by atoms with Gasteiger partial charge in [0.25, 0.3) is 0 Å². The Labute approximate surface area is 183 Å². The summed E-state index contributed by atoms with van der Waals surface area (Å²) in [5, 5.41) is 10.9. The van der Waals surface area contributed by atoms with E-state index in [2.05, 4.69) is 41.8 Å². The summed E-state index contributed by atoms with van der Waals surface area (Å²) in [4.78, 5) is 10.6. The van der Waals surface area contributed by atoms with Gasteiger partial charge < -0.3 is 5.73 Å². The Morgan fingerprint density at radius 3 is 2.79 bits per heavy atom. The molecule has 0 radical (unpaired) electrons. The van der Waals surface area contributed by atoms with Crippen LogP contribution in [0.3, 0.4) is 0 Å². The molecule has 4 rings (SSSR count). The third kappa shape index (κ3) is 4.22. The van der Waals surface area contributed by atoms with Crippen molar-refractivity contribution in [2.75, 3.05) is 6.26 Å². The van der Waals surface area contributed by atoms with Gasteiger partial charge in [-0.15, -0.1) is 34.4 Å². The van der Waals surface area contributed by atoms with Crippen LogP contribution in [-0.2, 0) is 12.0 Å². The second-order valence-electron chi connectivity index (χ2n) is 6.87. The van der Waals surface area contributed by atoms with E-state index in [9.17, 15) is 0 Å². The lowest BCUT2D eigenvalue weighted by atomic mass is 9.93. The lowest BCUT2D eigenvalue weighted by Gasteiger charge is -2.21. The van der Waals surface area contributed by atoms with Gasteiger partial charge in [-0.2, -0.15) is 0 Å². The number of benzene rings is 1. The Kier molecular flexibility index (Phi) is 5.99. The van der Waals surface area contributed by atoms with Gasteiger partial charge in [0.1, 0.15) is 16.4 Å². The predicted octanol–water partition coefficient (Wildman–Crippen LogP) is 5.74. The van der Waals surface area contributed by atoms with Gasteiger partial charge in [0.2, 0.25) is 0 Å². The monoisotopic (exact) mass is 438 g/mol. The van der Waals surface area contributed by atoms with Gasteiger partial charge in [0.05, 0.1) is 14.8 Å². The molecule has 29 heavy (non-hydrogen) atoms. The zero-order valence-corrected chi connectivity index (χ0v) is 18.5. The normalized spacial score (nSPS) is 17.8. The zero-order valence-electron chi connectivity index (χ0n) is 16.1. The fourth-order valence-electron chi connectivity index (χ4n) is 3.44. The first-order valence-electron chi connectivity index (χ1n) is 9.37. The largest absolute Gasteiger partial charge is 0.383 e. The van der Waals surface area contributed by atoms with Crippen LogP contribution in [-0.4, -0.2) is 23.3 Å². The number of nitrogens with one attached hydrogen (secondary N) is 1. The van der Waals surface area contributed by atoms with Crippen LogP contribution in [0.4, 0.5) is 0 Å². The van der Waals surface area contributed by atoms with Crippen LogP contribution in [0.1, 0.15) is 28.3 Å². The van der Waals surface area contributed by atoms with Gasteiger partial charge in [0, 0.05) is 17.2 Å². The molecule has 2 aromatic heterocycles. The molecular weight excluding hydrogens is 416 g/mol. The highest BCUT2D eigenvalue weighted by molar-refractivity contribution is 8.00. The molecule has 1 aliphatic rings. The number of nitrogens with zero attached hydrogens (tertiary/aromatic N) is 2. The molecule has 0 aliphatic carbocycles. The Balaban J connectivity index is 1.57. The first-order chi connectivity index (χ1) is 14.1.